The standard InChI is InChI=1S/C18H20Cl2N2O.Cl3OP/c19-14-7-8-15-13(6-9-16(20)22-15)17(14)18(23)21-11-10-12-4-2-1-3-5-12;1-5(2,3)4/h6-9,12H,1-5,10-11H2,(H,21,23);. The molecular formula is C18H20Cl5N2O2P. The molecule has 10 heteroatoms. The SMILES string of the molecule is O=C(NCCC1CCCCC1)c1c(Cl)ccc2nc(Cl)ccc12.O=P(Cl)(Cl)Cl. The van der Waals surface area contributed by atoms with Crippen molar-refractivity contribution in [3.63, 3.8) is 0 Å². The van der Waals surface area contributed by atoms with Crippen LogP contribution in [0.1, 0.15) is 48.9 Å². The zero-order chi connectivity index (χ0) is 20.7. The normalized spacial score (nSPS) is 15.0. The third kappa shape index (κ3) is 8.26. The Morgan fingerprint density at radius 1 is 1.07 bits per heavy atom. The number of benzene rings is 1. The van der Waals surface area contributed by atoms with Gasteiger partial charge in [0.2, 0.25) is 0 Å². The average molecular weight is 505 g/mol. The number of nitrogens with one attached hydrogen (secondary N) is 1. The van der Waals surface area contributed by atoms with Gasteiger partial charge in [-0.05, 0) is 70.3 Å². The molecule has 1 aromatic carbocycles. The van der Waals surface area contributed by atoms with Crippen molar-refractivity contribution in [1.29, 1.82) is 0 Å². The number of rotatable bonds is 4. The number of hydrogen-bond donors (Lipinski definition) is 1. The number of pyridine rings is 1. The average Bonchev–Trinajstić information content (AvgIpc) is 2.61. The van der Waals surface area contributed by atoms with E-state index in [1.165, 1.54) is 32.1 Å². The van der Waals surface area contributed by atoms with E-state index in [2.05, 4.69) is 44.0 Å². The Kier molecular flexibility index (Phi) is 9.66. The molecule has 1 fully saturated rings. The lowest BCUT2D eigenvalue weighted by molar-refractivity contribution is 0.0952. The van der Waals surface area contributed by atoms with Crippen LogP contribution in [-0.4, -0.2) is 17.4 Å². The molecule has 0 radical (unpaired) electrons. The third-order valence-corrected chi connectivity index (χ3v) is 5.10. The van der Waals surface area contributed by atoms with E-state index in [9.17, 15) is 9.36 Å². The van der Waals surface area contributed by atoms with Crippen molar-refractivity contribution in [2.75, 3.05) is 6.54 Å². The van der Waals surface area contributed by atoms with Gasteiger partial charge in [-0.15, -0.1) is 0 Å². The topological polar surface area (TPSA) is 59.1 Å². The van der Waals surface area contributed by atoms with E-state index in [0.29, 0.717) is 27.8 Å². The summed E-state index contributed by atoms with van der Waals surface area (Å²) < 4.78 is 9.51. The minimum Gasteiger partial charge on any atom is -0.352 e. The monoisotopic (exact) mass is 502 g/mol. The Balaban J connectivity index is 0.000000500. The number of carbonyl (C=O) groups is 1. The van der Waals surface area contributed by atoms with Gasteiger partial charge in [-0.25, -0.2) is 4.98 Å². The van der Waals surface area contributed by atoms with Crippen molar-refractivity contribution in [3.05, 3.63) is 40.0 Å². The van der Waals surface area contributed by atoms with Crippen molar-refractivity contribution < 1.29 is 9.36 Å². The molecule has 0 atom stereocenters. The first-order chi connectivity index (χ1) is 13.1. The largest absolute Gasteiger partial charge is 0.352 e. The van der Waals surface area contributed by atoms with Gasteiger partial charge in [-0.1, -0.05) is 55.3 Å². The van der Waals surface area contributed by atoms with Crippen LogP contribution in [0, 0.1) is 5.92 Å². The molecule has 0 unspecified atom stereocenters. The van der Waals surface area contributed by atoms with Crippen molar-refractivity contribution in [2.45, 2.75) is 38.5 Å². The zero-order valence-electron chi connectivity index (χ0n) is 14.9. The first-order valence-corrected chi connectivity index (χ1v) is 14.0. The number of amides is 1. The van der Waals surface area contributed by atoms with Crippen LogP contribution in [0.15, 0.2) is 24.3 Å². The van der Waals surface area contributed by atoms with Crippen LogP contribution in [0.3, 0.4) is 0 Å². The maximum atomic E-state index is 12.5. The van der Waals surface area contributed by atoms with E-state index in [4.69, 9.17) is 23.2 Å². The highest BCUT2D eigenvalue weighted by Crippen LogP contribution is 2.61. The van der Waals surface area contributed by atoms with Gasteiger partial charge in [0, 0.05) is 11.9 Å². The predicted molar refractivity (Wildman–Crippen MR) is 120 cm³/mol. The highest BCUT2D eigenvalue weighted by atomic mass is 36.0. The molecule has 1 heterocycles. The van der Waals surface area contributed by atoms with E-state index < -0.39 is 5.20 Å². The molecule has 1 N–H and O–H groups in total. The second kappa shape index (κ2) is 11.2. The predicted octanol–water partition coefficient (Wildman–Crippen LogP) is 8.05. The molecule has 1 aromatic heterocycles. The Morgan fingerprint density at radius 2 is 1.71 bits per heavy atom. The molecule has 3 rings (SSSR count). The Morgan fingerprint density at radius 3 is 2.36 bits per heavy atom. The lowest BCUT2D eigenvalue weighted by Gasteiger charge is -2.21. The van der Waals surface area contributed by atoms with Gasteiger partial charge in [0.25, 0.3) is 5.91 Å². The van der Waals surface area contributed by atoms with Crippen molar-refractivity contribution in [3.8, 4) is 0 Å². The Bertz CT molecular complexity index is 860. The van der Waals surface area contributed by atoms with Crippen LogP contribution in [0.25, 0.3) is 10.9 Å². The minimum absolute atomic E-state index is 0.138. The molecule has 154 valence electrons. The lowest BCUT2D eigenvalue weighted by atomic mass is 9.87. The fraction of sp³-hybridized carbons (Fsp3) is 0.444. The number of hydrogen-bond acceptors (Lipinski definition) is 3. The van der Waals surface area contributed by atoms with Crippen LogP contribution >= 0.6 is 62.1 Å². The summed E-state index contributed by atoms with van der Waals surface area (Å²) in [5, 5.41) is 1.37. The van der Waals surface area contributed by atoms with Crippen LogP contribution in [-0.2, 0) is 4.57 Å². The highest BCUT2D eigenvalue weighted by molar-refractivity contribution is 8.24. The summed E-state index contributed by atoms with van der Waals surface area (Å²) in [6.45, 7) is 0.692. The summed E-state index contributed by atoms with van der Waals surface area (Å²) in [7, 11) is 0. The van der Waals surface area contributed by atoms with Gasteiger partial charge in [0.1, 0.15) is 5.15 Å². The maximum Gasteiger partial charge on any atom is 0.339 e. The molecule has 2 aromatic rings. The Hall–Kier alpha value is -0.220. The molecule has 0 bridgehead atoms. The first-order valence-electron chi connectivity index (χ1n) is 8.87. The summed E-state index contributed by atoms with van der Waals surface area (Å²) in [6, 6.07) is 6.96. The van der Waals surface area contributed by atoms with Crippen LogP contribution < -0.4 is 5.32 Å². The second-order valence-corrected chi connectivity index (χ2v) is 14.0. The van der Waals surface area contributed by atoms with E-state index >= 15 is 0 Å². The molecule has 0 spiro atoms. The quantitative estimate of drug-likeness (QED) is 0.338. The van der Waals surface area contributed by atoms with Gasteiger partial charge in [0.05, 0.1) is 16.1 Å². The third-order valence-electron chi connectivity index (χ3n) is 4.58. The summed E-state index contributed by atoms with van der Waals surface area (Å²) in [5.74, 6) is 0.605. The van der Waals surface area contributed by atoms with Crippen LogP contribution in [0.4, 0.5) is 0 Å². The summed E-state index contributed by atoms with van der Waals surface area (Å²) in [5.41, 5.74) is 1.16. The van der Waals surface area contributed by atoms with E-state index in [1.807, 2.05) is 0 Å². The summed E-state index contributed by atoms with van der Waals surface area (Å²) >= 11 is 26.0. The van der Waals surface area contributed by atoms with Gasteiger partial charge >= 0.3 is 5.20 Å². The first kappa shape index (κ1) is 24.1. The molecular weight excluding hydrogens is 484 g/mol. The number of nitrogens with zero attached hydrogens (tertiary/aromatic N) is 1. The Labute approximate surface area is 189 Å². The fourth-order valence-corrected chi connectivity index (χ4v) is 3.74. The van der Waals surface area contributed by atoms with Gasteiger partial charge in [-0.3, -0.25) is 9.36 Å². The molecule has 1 amide bonds. The summed E-state index contributed by atoms with van der Waals surface area (Å²) in [6.07, 6.45) is 7.60. The van der Waals surface area contributed by atoms with Gasteiger partial charge in [-0.2, -0.15) is 0 Å². The maximum absolute atomic E-state index is 12.5. The number of aromatic nitrogens is 1. The van der Waals surface area contributed by atoms with Gasteiger partial charge in [0.15, 0.2) is 0 Å². The van der Waals surface area contributed by atoms with E-state index in [1.54, 1.807) is 24.3 Å². The van der Waals surface area contributed by atoms with E-state index in [-0.39, 0.29) is 5.91 Å². The molecule has 1 aliphatic rings. The molecule has 1 aliphatic carbocycles. The molecule has 4 nitrogen and oxygen atoms in total. The summed E-state index contributed by atoms with van der Waals surface area (Å²) in [4.78, 5) is 16.8. The number of fused-ring (bicyclic) bond motifs is 1. The van der Waals surface area contributed by atoms with Crippen LogP contribution in [0.2, 0.25) is 10.2 Å². The molecule has 0 aliphatic heterocycles. The molecule has 0 saturated heterocycles. The van der Waals surface area contributed by atoms with Crippen LogP contribution in [0.5, 0.6) is 0 Å². The smallest absolute Gasteiger partial charge is 0.339 e. The molecule has 1 saturated carbocycles. The number of carbonyl (C=O) groups excluding carboxylic acids is 1. The van der Waals surface area contributed by atoms with Gasteiger partial charge < -0.3 is 5.32 Å². The minimum atomic E-state index is -3.22. The van der Waals surface area contributed by atoms with Crippen molar-refractivity contribution in [1.82, 2.24) is 10.3 Å². The fourth-order valence-electron chi connectivity index (χ4n) is 3.34. The van der Waals surface area contributed by atoms with Crippen molar-refractivity contribution in [2.24, 2.45) is 5.92 Å². The highest BCUT2D eigenvalue weighted by Gasteiger charge is 2.17. The molecule has 28 heavy (non-hydrogen) atoms. The zero-order valence-corrected chi connectivity index (χ0v) is 19.6. The number of halogens is 5. The van der Waals surface area contributed by atoms with E-state index in [0.717, 1.165) is 17.7 Å². The lowest BCUT2D eigenvalue weighted by Crippen LogP contribution is -2.27. The second-order valence-electron chi connectivity index (χ2n) is 6.57. The van der Waals surface area contributed by atoms with Crippen molar-refractivity contribution >= 4 is 78.9 Å².